The quantitative estimate of drug-likeness (QED) is 0.819. The predicted octanol–water partition coefficient (Wildman–Crippen LogP) is 3.06. The summed E-state index contributed by atoms with van der Waals surface area (Å²) in [5, 5.41) is 5.31. The SMILES string of the molecule is CC(=O)Nc1cccc(C(=O)OCC(=O)Nc2cc(C)ccc2C)c1. The first-order valence-corrected chi connectivity index (χ1v) is 7.77. The van der Waals surface area contributed by atoms with Crippen LogP contribution in [0.15, 0.2) is 42.5 Å². The molecule has 2 aromatic rings. The van der Waals surface area contributed by atoms with Crippen molar-refractivity contribution in [3.05, 3.63) is 59.2 Å². The van der Waals surface area contributed by atoms with Gasteiger partial charge < -0.3 is 15.4 Å². The largest absolute Gasteiger partial charge is 0.452 e. The minimum Gasteiger partial charge on any atom is -0.452 e. The van der Waals surface area contributed by atoms with Crippen LogP contribution in [0.5, 0.6) is 0 Å². The molecule has 0 aliphatic heterocycles. The molecule has 0 heterocycles. The van der Waals surface area contributed by atoms with Crippen molar-refractivity contribution in [2.45, 2.75) is 20.8 Å². The van der Waals surface area contributed by atoms with Crippen LogP contribution < -0.4 is 10.6 Å². The van der Waals surface area contributed by atoms with Crippen molar-refractivity contribution in [3.63, 3.8) is 0 Å². The molecule has 2 amide bonds. The lowest BCUT2D eigenvalue weighted by Gasteiger charge is -2.10. The van der Waals surface area contributed by atoms with Gasteiger partial charge in [-0.05, 0) is 49.2 Å². The van der Waals surface area contributed by atoms with Crippen molar-refractivity contribution in [1.82, 2.24) is 0 Å². The lowest BCUT2D eigenvalue weighted by molar-refractivity contribution is -0.119. The monoisotopic (exact) mass is 340 g/mol. The maximum absolute atomic E-state index is 12.0. The molecule has 0 aliphatic rings. The van der Waals surface area contributed by atoms with Gasteiger partial charge in [0, 0.05) is 18.3 Å². The summed E-state index contributed by atoms with van der Waals surface area (Å²) in [4.78, 5) is 35.1. The number of aryl methyl sites for hydroxylation is 2. The molecule has 0 aliphatic carbocycles. The van der Waals surface area contributed by atoms with E-state index < -0.39 is 18.5 Å². The maximum Gasteiger partial charge on any atom is 0.338 e. The molecular formula is C19H20N2O4. The van der Waals surface area contributed by atoms with Gasteiger partial charge in [-0.2, -0.15) is 0 Å². The van der Waals surface area contributed by atoms with Gasteiger partial charge in [0.05, 0.1) is 5.56 Å². The Labute approximate surface area is 146 Å². The van der Waals surface area contributed by atoms with Crippen molar-refractivity contribution < 1.29 is 19.1 Å². The molecule has 0 bridgehead atoms. The van der Waals surface area contributed by atoms with Crippen molar-refractivity contribution in [3.8, 4) is 0 Å². The smallest absolute Gasteiger partial charge is 0.338 e. The number of amides is 2. The number of ether oxygens (including phenoxy) is 1. The topological polar surface area (TPSA) is 84.5 Å². The standard InChI is InChI=1S/C19H20N2O4/c1-12-7-8-13(2)17(9-12)21-18(23)11-25-19(24)15-5-4-6-16(10-15)20-14(3)22/h4-10H,11H2,1-3H3,(H,20,22)(H,21,23). The second kappa shape index (κ2) is 8.10. The van der Waals surface area contributed by atoms with E-state index in [4.69, 9.17) is 4.74 Å². The molecule has 0 spiro atoms. The van der Waals surface area contributed by atoms with E-state index in [1.807, 2.05) is 32.0 Å². The van der Waals surface area contributed by atoms with Crippen LogP contribution in [-0.4, -0.2) is 24.4 Å². The third kappa shape index (κ3) is 5.46. The zero-order chi connectivity index (χ0) is 18.4. The number of rotatable bonds is 5. The third-order valence-corrected chi connectivity index (χ3v) is 3.42. The molecule has 0 fully saturated rings. The Morgan fingerprint density at radius 1 is 1.00 bits per heavy atom. The minimum atomic E-state index is -0.636. The highest BCUT2D eigenvalue weighted by Crippen LogP contribution is 2.16. The molecule has 0 saturated heterocycles. The fourth-order valence-electron chi connectivity index (χ4n) is 2.20. The van der Waals surface area contributed by atoms with Crippen LogP contribution in [-0.2, 0) is 14.3 Å². The van der Waals surface area contributed by atoms with Crippen LogP contribution in [0.4, 0.5) is 11.4 Å². The first-order valence-electron chi connectivity index (χ1n) is 7.77. The molecule has 6 nitrogen and oxygen atoms in total. The number of hydrogen-bond acceptors (Lipinski definition) is 4. The van der Waals surface area contributed by atoms with Gasteiger partial charge >= 0.3 is 5.97 Å². The maximum atomic E-state index is 12.0. The fraction of sp³-hybridized carbons (Fsp3) is 0.211. The summed E-state index contributed by atoms with van der Waals surface area (Å²) in [5.74, 6) is -1.29. The summed E-state index contributed by atoms with van der Waals surface area (Å²) in [6.45, 7) is 4.80. The molecule has 2 aromatic carbocycles. The predicted molar refractivity (Wildman–Crippen MR) is 95.6 cm³/mol. The Kier molecular flexibility index (Phi) is 5.89. The third-order valence-electron chi connectivity index (χ3n) is 3.42. The Balaban J connectivity index is 1.94. The molecule has 0 atom stereocenters. The van der Waals surface area contributed by atoms with Gasteiger partial charge in [-0.15, -0.1) is 0 Å². The van der Waals surface area contributed by atoms with Crippen molar-refractivity contribution in [1.29, 1.82) is 0 Å². The van der Waals surface area contributed by atoms with Crippen LogP contribution in [0.1, 0.15) is 28.4 Å². The normalized spacial score (nSPS) is 10.0. The van der Waals surface area contributed by atoms with Crippen LogP contribution in [0.3, 0.4) is 0 Å². The van der Waals surface area contributed by atoms with Gasteiger partial charge in [0.15, 0.2) is 6.61 Å². The van der Waals surface area contributed by atoms with E-state index in [1.165, 1.54) is 13.0 Å². The van der Waals surface area contributed by atoms with Crippen LogP contribution >= 0.6 is 0 Å². The van der Waals surface area contributed by atoms with Gasteiger partial charge in [-0.25, -0.2) is 4.79 Å². The molecule has 6 heteroatoms. The van der Waals surface area contributed by atoms with E-state index in [0.29, 0.717) is 11.4 Å². The van der Waals surface area contributed by atoms with E-state index >= 15 is 0 Å². The van der Waals surface area contributed by atoms with Crippen molar-refractivity contribution >= 4 is 29.2 Å². The molecule has 130 valence electrons. The molecule has 0 radical (unpaired) electrons. The minimum absolute atomic E-state index is 0.238. The summed E-state index contributed by atoms with van der Waals surface area (Å²) < 4.78 is 5.03. The van der Waals surface area contributed by atoms with Gasteiger partial charge in [-0.1, -0.05) is 18.2 Å². The second-order valence-electron chi connectivity index (χ2n) is 5.70. The van der Waals surface area contributed by atoms with Crippen molar-refractivity contribution in [2.75, 3.05) is 17.2 Å². The number of esters is 1. The van der Waals surface area contributed by atoms with E-state index in [2.05, 4.69) is 10.6 Å². The first kappa shape index (κ1) is 18.2. The first-order chi connectivity index (χ1) is 11.8. The highest BCUT2D eigenvalue weighted by atomic mass is 16.5. The summed E-state index contributed by atoms with van der Waals surface area (Å²) in [5.41, 5.74) is 3.38. The van der Waals surface area contributed by atoms with Crippen molar-refractivity contribution in [2.24, 2.45) is 0 Å². The number of hydrogen-bond donors (Lipinski definition) is 2. The van der Waals surface area contributed by atoms with Gasteiger partial charge in [0.1, 0.15) is 0 Å². The number of carbonyl (C=O) groups is 3. The van der Waals surface area contributed by atoms with E-state index in [0.717, 1.165) is 11.1 Å². The van der Waals surface area contributed by atoms with E-state index in [1.54, 1.807) is 18.2 Å². The zero-order valence-corrected chi connectivity index (χ0v) is 14.4. The van der Waals surface area contributed by atoms with E-state index in [-0.39, 0.29) is 11.5 Å². The second-order valence-corrected chi connectivity index (χ2v) is 5.70. The van der Waals surface area contributed by atoms with Crippen LogP contribution in [0.25, 0.3) is 0 Å². The highest BCUT2D eigenvalue weighted by Gasteiger charge is 2.12. The Bertz CT molecular complexity index is 815. The number of carbonyl (C=O) groups excluding carboxylic acids is 3. The van der Waals surface area contributed by atoms with Crippen LogP contribution in [0.2, 0.25) is 0 Å². The average Bonchev–Trinajstić information content (AvgIpc) is 2.55. The fourth-order valence-corrected chi connectivity index (χ4v) is 2.20. The number of benzene rings is 2. The van der Waals surface area contributed by atoms with Gasteiger partial charge in [0.25, 0.3) is 5.91 Å². The lowest BCUT2D eigenvalue weighted by Crippen LogP contribution is -2.21. The van der Waals surface area contributed by atoms with Crippen LogP contribution in [0, 0.1) is 13.8 Å². The zero-order valence-electron chi connectivity index (χ0n) is 14.4. The molecule has 2 N–H and O–H groups in total. The van der Waals surface area contributed by atoms with Gasteiger partial charge in [-0.3, -0.25) is 9.59 Å². The molecule has 25 heavy (non-hydrogen) atoms. The summed E-state index contributed by atoms with van der Waals surface area (Å²) in [7, 11) is 0. The lowest BCUT2D eigenvalue weighted by atomic mass is 10.1. The Hall–Kier alpha value is -3.15. The summed E-state index contributed by atoms with van der Waals surface area (Å²) >= 11 is 0. The molecule has 0 aromatic heterocycles. The Morgan fingerprint density at radius 3 is 2.48 bits per heavy atom. The van der Waals surface area contributed by atoms with Gasteiger partial charge in [0.2, 0.25) is 5.91 Å². The highest BCUT2D eigenvalue weighted by molar-refractivity contribution is 5.97. The molecular weight excluding hydrogens is 320 g/mol. The summed E-state index contributed by atoms with van der Waals surface area (Å²) in [6.07, 6.45) is 0. The Morgan fingerprint density at radius 2 is 1.76 bits per heavy atom. The summed E-state index contributed by atoms with van der Waals surface area (Å²) in [6, 6.07) is 12.0. The molecule has 0 saturated carbocycles. The molecule has 0 unspecified atom stereocenters. The van der Waals surface area contributed by atoms with E-state index in [9.17, 15) is 14.4 Å². The average molecular weight is 340 g/mol. The molecule has 2 rings (SSSR count). The number of nitrogens with one attached hydrogen (secondary N) is 2. The number of anilines is 2.